The molecule has 1 unspecified atom stereocenters. The number of hydrogen-bond donors (Lipinski definition) is 0. The number of ether oxygens (including phenoxy) is 1. The molecule has 0 N–H and O–H groups in total. The van der Waals surface area contributed by atoms with Gasteiger partial charge in [0, 0.05) is 47.7 Å². The van der Waals surface area contributed by atoms with Crippen molar-refractivity contribution in [2.45, 2.75) is 32.0 Å². The summed E-state index contributed by atoms with van der Waals surface area (Å²) in [7, 11) is 1.67. The molecular formula is C28H29ClF2N2O. The summed E-state index contributed by atoms with van der Waals surface area (Å²) in [6, 6.07) is 19.9. The third-order valence-electron chi connectivity index (χ3n) is 7.47. The van der Waals surface area contributed by atoms with Crippen molar-refractivity contribution in [2.24, 2.45) is 5.41 Å². The molecule has 0 saturated carbocycles. The number of benzene rings is 3. The van der Waals surface area contributed by atoms with Gasteiger partial charge in [-0.1, -0.05) is 48.0 Å². The lowest BCUT2D eigenvalue weighted by atomic mass is 9.63. The van der Waals surface area contributed by atoms with E-state index in [2.05, 4.69) is 21.9 Å². The topological polar surface area (TPSA) is 15.7 Å². The summed E-state index contributed by atoms with van der Waals surface area (Å²) in [6.45, 7) is 4.32. The largest absolute Gasteiger partial charge is 0.497 e. The van der Waals surface area contributed by atoms with Crippen molar-refractivity contribution in [3.8, 4) is 5.75 Å². The smallest absolute Gasteiger partial charge is 0.130 e. The molecule has 2 heterocycles. The molecule has 2 saturated heterocycles. The first-order valence-electron chi connectivity index (χ1n) is 11.8. The van der Waals surface area contributed by atoms with E-state index < -0.39 is 11.6 Å². The van der Waals surface area contributed by atoms with Gasteiger partial charge in [0.15, 0.2) is 0 Å². The summed E-state index contributed by atoms with van der Waals surface area (Å²) in [5.41, 5.74) is 2.86. The van der Waals surface area contributed by atoms with Crippen molar-refractivity contribution in [1.82, 2.24) is 9.80 Å². The molecule has 1 atom stereocenters. The first-order chi connectivity index (χ1) is 16.5. The van der Waals surface area contributed by atoms with Gasteiger partial charge in [-0.15, -0.1) is 0 Å². The van der Waals surface area contributed by atoms with E-state index in [1.165, 1.54) is 11.6 Å². The van der Waals surface area contributed by atoms with Crippen molar-refractivity contribution in [3.05, 3.63) is 100 Å². The molecule has 2 aliphatic rings. The van der Waals surface area contributed by atoms with E-state index in [-0.39, 0.29) is 11.5 Å². The summed E-state index contributed by atoms with van der Waals surface area (Å²) in [4.78, 5) is 4.75. The Balaban J connectivity index is 1.33. The predicted octanol–water partition coefficient (Wildman–Crippen LogP) is 6.47. The molecule has 0 bridgehead atoms. The molecule has 0 amide bonds. The van der Waals surface area contributed by atoms with Gasteiger partial charge in [0.1, 0.15) is 17.4 Å². The number of piperidine rings is 1. The minimum absolute atomic E-state index is 0.0175. The van der Waals surface area contributed by atoms with Crippen LogP contribution in [0.15, 0.2) is 66.7 Å². The van der Waals surface area contributed by atoms with Crippen LogP contribution in [-0.4, -0.2) is 36.5 Å². The number of nitrogens with zero attached hydrogens (tertiary/aromatic N) is 2. The van der Waals surface area contributed by atoms with Crippen LogP contribution in [0.2, 0.25) is 5.02 Å². The van der Waals surface area contributed by atoms with Crippen molar-refractivity contribution in [1.29, 1.82) is 0 Å². The van der Waals surface area contributed by atoms with Crippen LogP contribution in [0, 0.1) is 17.0 Å². The molecule has 0 aliphatic carbocycles. The Morgan fingerprint density at radius 1 is 0.971 bits per heavy atom. The van der Waals surface area contributed by atoms with Gasteiger partial charge in [-0.05, 0) is 61.3 Å². The van der Waals surface area contributed by atoms with Crippen LogP contribution in [0.1, 0.15) is 35.6 Å². The van der Waals surface area contributed by atoms with Gasteiger partial charge in [-0.2, -0.15) is 0 Å². The molecule has 0 aromatic heterocycles. The van der Waals surface area contributed by atoms with Crippen molar-refractivity contribution in [2.75, 3.05) is 26.7 Å². The lowest BCUT2D eigenvalue weighted by molar-refractivity contribution is -0.119. The van der Waals surface area contributed by atoms with Crippen LogP contribution < -0.4 is 4.74 Å². The normalized spacial score (nSPS) is 20.3. The standard InChI is InChI=1S/C28H29ClF2N2O/c1-34-23-9-6-20(7-10-23)17-32-14-12-28(13-15-32)19-33(18-21-4-2-3-5-25(21)29)27(28)24-11-8-22(30)16-26(24)31/h2-11,16,27H,12-15,17-19H2,1H3. The fourth-order valence-corrected chi connectivity index (χ4v) is 5.87. The Morgan fingerprint density at radius 3 is 2.38 bits per heavy atom. The molecule has 3 aromatic rings. The summed E-state index contributed by atoms with van der Waals surface area (Å²) in [6.07, 6.45) is 1.95. The molecule has 5 rings (SSSR count). The molecule has 3 nitrogen and oxygen atoms in total. The van der Waals surface area contributed by atoms with Crippen molar-refractivity contribution in [3.63, 3.8) is 0 Å². The average Bonchev–Trinajstić information content (AvgIpc) is 2.83. The van der Waals surface area contributed by atoms with Crippen molar-refractivity contribution < 1.29 is 13.5 Å². The van der Waals surface area contributed by atoms with Crippen LogP contribution in [0.3, 0.4) is 0 Å². The minimum Gasteiger partial charge on any atom is -0.497 e. The summed E-state index contributed by atoms with van der Waals surface area (Å²) in [5, 5.41) is 0.719. The van der Waals surface area contributed by atoms with Gasteiger partial charge >= 0.3 is 0 Å². The number of halogens is 3. The highest BCUT2D eigenvalue weighted by Crippen LogP contribution is 2.56. The van der Waals surface area contributed by atoms with Gasteiger partial charge in [0.25, 0.3) is 0 Å². The van der Waals surface area contributed by atoms with E-state index in [0.29, 0.717) is 12.1 Å². The van der Waals surface area contributed by atoms with E-state index in [4.69, 9.17) is 16.3 Å². The van der Waals surface area contributed by atoms with Gasteiger partial charge in [0.2, 0.25) is 0 Å². The molecule has 6 heteroatoms. The molecule has 34 heavy (non-hydrogen) atoms. The zero-order valence-electron chi connectivity index (χ0n) is 19.3. The zero-order valence-corrected chi connectivity index (χ0v) is 20.1. The van der Waals surface area contributed by atoms with E-state index in [1.54, 1.807) is 13.2 Å². The molecule has 2 aliphatic heterocycles. The molecule has 3 aromatic carbocycles. The second-order valence-electron chi connectivity index (χ2n) is 9.55. The maximum atomic E-state index is 15.0. The summed E-state index contributed by atoms with van der Waals surface area (Å²) < 4.78 is 33.9. The van der Waals surface area contributed by atoms with E-state index in [0.717, 1.165) is 61.4 Å². The fraction of sp³-hybridized carbons (Fsp3) is 0.357. The van der Waals surface area contributed by atoms with Gasteiger partial charge in [-0.3, -0.25) is 9.80 Å². The van der Waals surface area contributed by atoms with Crippen LogP contribution in [-0.2, 0) is 13.1 Å². The monoisotopic (exact) mass is 482 g/mol. The van der Waals surface area contributed by atoms with Gasteiger partial charge < -0.3 is 4.74 Å². The Bertz CT molecular complexity index is 1150. The van der Waals surface area contributed by atoms with Crippen LogP contribution in [0.5, 0.6) is 5.75 Å². The Kier molecular flexibility index (Phi) is 6.61. The maximum Gasteiger partial charge on any atom is 0.130 e. The lowest BCUT2D eigenvalue weighted by Gasteiger charge is -2.61. The first kappa shape index (κ1) is 23.3. The van der Waals surface area contributed by atoms with Gasteiger partial charge in [0.05, 0.1) is 7.11 Å². The Morgan fingerprint density at radius 2 is 1.71 bits per heavy atom. The van der Waals surface area contributed by atoms with Crippen LogP contribution >= 0.6 is 11.6 Å². The third-order valence-corrected chi connectivity index (χ3v) is 7.84. The van der Waals surface area contributed by atoms with E-state index in [9.17, 15) is 8.78 Å². The molecule has 2 fully saturated rings. The van der Waals surface area contributed by atoms with Crippen LogP contribution in [0.4, 0.5) is 8.78 Å². The molecule has 0 radical (unpaired) electrons. The third kappa shape index (κ3) is 4.57. The van der Waals surface area contributed by atoms with Crippen molar-refractivity contribution >= 4 is 11.6 Å². The highest BCUT2D eigenvalue weighted by Gasteiger charge is 2.54. The SMILES string of the molecule is COc1ccc(CN2CCC3(CC2)CN(Cc2ccccc2Cl)C3c2ccc(F)cc2F)cc1. The molecular weight excluding hydrogens is 454 g/mol. The quantitative estimate of drug-likeness (QED) is 0.400. The highest BCUT2D eigenvalue weighted by molar-refractivity contribution is 6.31. The second kappa shape index (κ2) is 9.65. The first-order valence-corrected chi connectivity index (χ1v) is 12.1. The second-order valence-corrected chi connectivity index (χ2v) is 9.96. The number of likely N-dealkylation sites (tertiary alicyclic amines) is 2. The highest BCUT2D eigenvalue weighted by atomic mass is 35.5. The van der Waals surface area contributed by atoms with Crippen LogP contribution in [0.25, 0.3) is 0 Å². The molecule has 1 spiro atoms. The number of rotatable bonds is 6. The molecule has 178 valence electrons. The van der Waals surface area contributed by atoms with E-state index >= 15 is 0 Å². The van der Waals surface area contributed by atoms with E-state index in [1.807, 2.05) is 36.4 Å². The fourth-order valence-electron chi connectivity index (χ4n) is 5.68. The Labute approximate surface area is 204 Å². The number of methoxy groups -OCH3 is 1. The van der Waals surface area contributed by atoms with Gasteiger partial charge in [-0.25, -0.2) is 8.78 Å². The zero-order chi connectivity index (χ0) is 23.7. The predicted molar refractivity (Wildman–Crippen MR) is 131 cm³/mol. The summed E-state index contributed by atoms with van der Waals surface area (Å²) >= 11 is 6.42. The average molecular weight is 483 g/mol. The maximum absolute atomic E-state index is 15.0. The summed E-state index contributed by atoms with van der Waals surface area (Å²) in [5.74, 6) is -0.144. The lowest BCUT2D eigenvalue weighted by Crippen LogP contribution is -2.61. The number of hydrogen-bond acceptors (Lipinski definition) is 3. The minimum atomic E-state index is -0.540. The Hall–Kier alpha value is -2.47.